The second kappa shape index (κ2) is 9.77. The van der Waals surface area contributed by atoms with E-state index in [-0.39, 0.29) is 35.9 Å². The fraction of sp³-hybridized carbons (Fsp3) is 0.517. The molecule has 3 aliphatic rings. The van der Waals surface area contributed by atoms with Gasteiger partial charge in [-0.3, -0.25) is 9.59 Å². The largest absolute Gasteiger partial charge is 0.493 e. The van der Waals surface area contributed by atoms with Crippen LogP contribution in [-0.2, 0) is 20.7 Å². The molecule has 5 atom stereocenters. The number of benzene rings is 2. The van der Waals surface area contributed by atoms with Crippen molar-refractivity contribution in [2.24, 2.45) is 11.8 Å². The Labute approximate surface area is 213 Å². The number of piperidine rings is 1. The zero-order valence-electron chi connectivity index (χ0n) is 21.5. The number of carbonyl (C=O) groups excluding carboxylic acids is 2. The highest BCUT2D eigenvalue weighted by Gasteiger charge is 2.52. The van der Waals surface area contributed by atoms with E-state index in [2.05, 4.69) is 25.2 Å². The van der Waals surface area contributed by atoms with E-state index in [0.717, 1.165) is 35.5 Å². The summed E-state index contributed by atoms with van der Waals surface area (Å²) >= 11 is 0. The highest BCUT2D eigenvalue weighted by Crippen LogP contribution is 2.55. The maximum atomic E-state index is 13.6. The molecule has 3 aliphatic heterocycles. The Morgan fingerprint density at radius 2 is 1.94 bits per heavy atom. The normalized spacial score (nSPS) is 26.9. The molecule has 2 aromatic rings. The number of amides is 2. The maximum Gasteiger partial charge on any atom is 0.245 e. The van der Waals surface area contributed by atoms with Crippen LogP contribution < -0.4 is 14.8 Å². The third-order valence-electron chi connectivity index (χ3n) is 7.97. The zero-order chi connectivity index (χ0) is 25.4. The molecule has 0 unspecified atom stereocenters. The quantitative estimate of drug-likeness (QED) is 0.685. The summed E-state index contributed by atoms with van der Waals surface area (Å²) in [5.74, 6) is 1.66. The third-order valence-corrected chi connectivity index (χ3v) is 7.97. The lowest BCUT2D eigenvalue weighted by molar-refractivity contribution is -0.189. The summed E-state index contributed by atoms with van der Waals surface area (Å²) in [7, 11) is 1.66. The van der Waals surface area contributed by atoms with Crippen LogP contribution in [0, 0.1) is 11.8 Å². The van der Waals surface area contributed by atoms with Gasteiger partial charge in [-0.05, 0) is 38.3 Å². The number of nitrogens with zero attached hydrogens (tertiary/aromatic N) is 1. The standard InChI is InChI=1S/C29H36N2O5/c1-18(32)30-23(15-19-9-6-5-7-10-19)28(33)31-14-13-24-20(17-31)16-22-26(35-24)21-11-8-12-25(34-4)27(21)36-29(22,2)3/h5-12,20,22-24,26H,13-17H2,1-4H3,(H,30,32)/t20-,22+,23-,24+,26-/m1/s1. The summed E-state index contributed by atoms with van der Waals surface area (Å²) in [5.41, 5.74) is 1.64. The van der Waals surface area contributed by atoms with Crippen molar-refractivity contribution < 1.29 is 23.8 Å². The fourth-order valence-corrected chi connectivity index (χ4v) is 6.17. The van der Waals surface area contributed by atoms with E-state index in [1.54, 1.807) is 7.11 Å². The van der Waals surface area contributed by atoms with E-state index in [1.807, 2.05) is 47.4 Å². The van der Waals surface area contributed by atoms with E-state index in [9.17, 15) is 9.59 Å². The predicted octanol–water partition coefficient (Wildman–Crippen LogP) is 3.91. The molecular weight excluding hydrogens is 456 g/mol. The van der Waals surface area contributed by atoms with Crippen molar-refractivity contribution >= 4 is 11.8 Å². The predicted molar refractivity (Wildman–Crippen MR) is 136 cm³/mol. The van der Waals surface area contributed by atoms with Crippen LogP contribution in [0.25, 0.3) is 0 Å². The van der Waals surface area contributed by atoms with Crippen LogP contribution in [-0.4, -0.2) is 54.7 Å². The molecule has 192 valence electrons. The minimum atomic E-state index is -0.576. The first-order valence-electron chi connectivity index (χ1n) is 12.9. The molecule has 0 radical (unpaired) electrons. The molecule has 0 spiro atoms. The number of likely N-dealkylation sites (tertiary alicyclic amines) is 1. The second-order valence-corrected chi connectivity index (χ2v) is 10.8. The van der Waals surface area contributed by atoms with Gasteiger partial charge in [-0.2, -0.15) is 0 Å². The van der Waals surface area contributed by atoms with Crippen LogP contribution in [0.5, 0.6) is 11.5 Å². The summed E-state index contributed by atoms with van der Waals surface area (Å²) in [5, 5.41) is 2.88. The Hall–Kier alpha value is -3.06. The van der Waals surface area contributed by atoms with Gasteiger partial charge in [0.15, 0.2) is 11.5 Å². The minimum Gasteiger partial charge on any atom is -0.493 e. The number of methoxy groups -OCH3 is 1. The zero-order valence-corrected chi connectivity index (χ0v) is 21.5. The van der Waals surface area contributed by atoms with Crippen LogP contribution >= 0.6 is 0 Å². The maximum absolute atomic E-state index is 13.6. The summed E-state index contributed by atoms with van der Waals surface area (Å²) < 4.78 is 18.8. The lowest BCUT2D eigenvalue weighted by atomic mass is 9.70. The first-order valence-corrected chi connectivity index (χ1v) is 12.9. The highest BCUT2D eigenvalue weighted by molar-refractivity contribution is 5.87. The van der Waals surface area contributed by atoms with E-state index in [1.165, 1.54) is 6.92 Å². The number of nitrogens with one attached hydrogen (secondary N) is 1. The molecule has 0 bridgehead atoms. The molecule has 1 N–H and O–H groups in total. The second-order valence-electron chi connectivity index (χ2n) is 10.8. The fourth-order valence-electron chi connectivity index (χ4n) is 6.17. The van der Waals surface area contributed by atoms with Crippen LogP contribution in [0.15, 0.2) is 48.5 Å². The monoisotopic (exact) mass is 492 g/mol. The summed E-state index contributed by atoms with van der Waals surface area (Å²) in [6.45, 7) is 6.93. The number of fused-ring (bicyclic) bond motifs is 4. The van der Waals surface area contributed by atoms with Gasteiger partial charge in [0.25, 0.3) is 0 Å². The number of hydrogen-bond acceptors (Lipinski definition) is 5. The Kier molecular flexibility index (Phi) is 6.68. The van der Waals surface area contributed by atoms with Gasteiger partial charge >= 0.3 is 0 Å². The smallest absolute Gasteiger partial charge is 0.245 e. The van der Waals surface area contributed by atoms with E-state index in [0.29, 0.717) is 19.5 Å². The highest BCUT2D eigenvalue weighted by atomic mass is 16.5. The van der Waals surface area contributed by atoms with Crippen LogP contribution in [0.4, 0.5) is 0 Å². The van der Waals surface area contributed by atoms with E-state index < -0.39 is 11.6 Å². The van der Waals surface area contributed by atoms with E-state index in [4.69, 9.17) is 14.2 Å². The van der Waals surface area contributed by atoms with Crippen molar-refractivity contribution in [1.29, 1.82) is 0 Å². The first-order chi connectivity index (χ1) is 17.3. The lowest BCUT2D eigenvalue weighted by Gasteiger charge is -2.53. The molecule has 2 aromatic carbocycles. The van der Waals surface area contributed by atoms with Gasteiger partial charge in [-0.15, -0.1) is 0 Å². The molecule has 5 rings (SSSR count). The molecule has 0 saturated carbocycles. The van der Waals surface area contributed by atoms with Crippen molar-refractivity contribution in [3.63, 3.8) is 0 Å². The molecule has 2 fully saturated rings. The Balaban J connectivity index is 1.33. The summed E-state index contributed by atoms with van der Waals surface area (Å²) in [6.07, 6.45) is 2.18. The van der Waals surface area contributed by atoms with Crippen LogP contribution in [0.2, 0.25) is 0 Å². The van der Waals surface area contributed by atoms with E-state index >= 15 is 0 Å². The summed E-state index contributed by atoms with van der Waals surface area (Å²) in [4.78, 5) is 27.4. The van der Waals surface area contributed by atoms with Crippen molar-refractivity contribution in [3.8, 4) is 11.5 Å². The third kappa shape index (κ3) is 4.69. The molecule has 2 amide bonds. The van der Waals surface area contributed by atoms with Crippen molar-refractivity contribution in [2.45, 2.75) is 63.9 Å². The van der Waals surface area contributed by atoms with Gasteiger partial charge in [0.2, 0.25) is 11.8 Å². The van der Waals surface area contributed by atoms with Crippen molar-refractivity contribution in [3.05, 3.63) is 59.7 Å². The molecule has 7 heteroatoms. The van der Waals surface area contributed by atoms with Gasteiger partial charge in [-0.25, -0.2) is 0 Å². The van der Waals surface area contributed by atoms with Crippen LogP contribution in [0.3, 0.4) is 0 Å². The number of carbonyl (C=O) groups is 2. The molecular formula is C29H36N2O5. The molecule has 0 aromatic heterocycles. The lowest BCUT2D eigenvalue weighted by Crippen LogP contribution is -2.58. The van der Waals surface area contributed by atoms with Gasteiger partial charge in [0.05, 0.1) is 19.3 Å². The topological polar surface area (TPSA) is 77.1 Å². The Bertz CT molecular complexity index is 1120. The van der Waals surface area contributed by atoms with Crippen molar-refractivity contribution in [2.75, 3.05) is 20.2 Å². The molecule has 3 heterocycles. The molecule has 36 heavy (non-hydrogen) atoms. The Morgan fingerprint density at radius 3 is 2.67 bits per heavy atom. The number of ether oxygens (including phenoxy) is 3. The molecule has 0 aliphatic carbocycles. The Morgan fingerprint density at radius 1 is 1.17 bits per heavy atom. The average Bonchev–Trinajstić information content (AvgIpc) is 2.86. The number of para-hydroxylation sites is 1. The first kappa shape index (κ1) is 24.6. The average molecular weight is 493 g/mol. The minimum absolute atomic E-state index is 0.0242. The van der Waals surface area contributed by atoms with Gasteiger partial charge in [-0.1, -0.05) is 42.5 Å². The van der Waals surface area contributed by atoms with Crippen molar-refractivity contribution in [1.82, 2.24) is 10.2 Å². The molecule has 7 nitrogen and oxygen atoms in total. The number of hydrogen-bond donors (Lipinski definition) is 1. The summed E-state index contributed by atoms with van der Waals surface area (Å²) in [6, 6.07) is 15.2. The van der Waals surface area contributed by atoms with Gasteiger partial charge in [0, 0.05) is 43.8 Å². The van der Waals surface area contributed by atoms with Gasteiger partial charge in [0.1, 0.15) is 11.6 Å². The SMILES string of the molecule is COc1cccc2c1OC(C)(C)[C@H]1C[C@@H]3CN(C(=O)[C@@H](Cc4ccccc4)NC(C)=O)CC[C@@H]3O[C@H]21. The van der Waals surface area contributed by atoms with Gasteiger partial charge < -0.3 is 24.4 Å². The van der Waals surface area contributed by atoms with Crippen LogP contribution in [0.1, 0.15) is 50.8 Å². The molecule has 2 saturated heterocycles. The number of rotatable bonds is 5.